The van der Waals surface area contributed by atoms with Gasteiger partial charge < -0.3 is 20.6 Å². The molecule has 2 aromatic carbocycles. The van der Waals surface area contributed by atoms with E-state index in [2.05, 4.69) is 10.6 Å². The largest absolute Gasteiger partial charge is 0.481 e. The third-order valence-corrected chi connectivity index (χ3v) is 4.93. The average molecular weight is 395 g/mol. The molecule has 2 aromatic rings. The summed E-state index contributed by atoms with van der Waals surface area (Å²) in [5, 5.41) is 14.3. The summed E-state index contributed by atoms with van der Waals surface area (Å²) in [4.78, 5) is 37.4. The predicted octanol–water partition coefficient (Wildman–Crippen LogP) is 3.89. The number of hydrogen-bond donors (Lipinski definition) is 3. The SMILES string of the molecule is Cc1cc(C(=O)N2CCCC2)ccc1NC(=O)Nc1cccc(CCC(=O)O)c1. The van der Waals surface area contributed by atoms with Gasteiger partial charge in [-0.3, -0.25) is 9.59 Å². The molecule has 0 bridgehead atoms. The van der Waals surface area contributed by atoms with Crippen molar-refractivity contribution >= 4 is 29.3 Å². The summed E-state index contributed by atoms with van der Waals surface area (Å²) in [7, 11) is 0. The van der Waals surface area contributed by atoms with E-state index in [-0.39, 0.29) is 12.3 Å². The molecule has 7 heteroatoms. The highest BCUT2D eigenvalue weighted by Gasteiger charge is 2.20. The third-order valence-electron chi connectivity index (χ3n) is 4.93. The Kier molecular flexibility index (Phi) is 6.49. The minimum absolute atomic E-state index is 0.0276. The summed E-state index contributed by atoms with van der Waals surface area (Å²) < 4.78 is 0. The van der Waals surface area contributed by atoms with Gasteiger partial charge >= 0.3 is 12.0 Å². The van der Waals surface area contributed by atoms with Gasteiger partial charge in [-0.1, -0.05) is 12.1 Å². The smallest absolute Gasteiger partial charge is 0.323 e. The summed E-state index contributed by atoms with van der Waals surface area (Å²) in [5.74, 6) is -0.831. The van der Waals surface area contributed by atoms with Crippen molar-refractivity contribution in [2.75, 3.05) is 23.7 Å². The molecule has 0 aliphatic carbocycles. The molecule has 3 N–H and O–H groups in total. The first-order chi connectivity index (χ1) is 13.9. The Bertz CT molecular complexity index is 920. The Labute approximate surface area is 169 Å². The van der Waals surface area contributed by atoms with E-state index in [9.17, 15) is 14.4 Å². The van der Waals surface area contributed by atoms with Gasteiger partial charge in [0.2, 0.25) is 0 Å². The van der Waals surface area contributed by atoms with Gasteiger partial charge in [0.1, 0.15) is 0 Å². The van der Waals surface area contributed by atoms with Gasteiger partial charge in [0.25, 0.3) is 5.91 Å². The van der Waals surface area contributed by atoms with E-state index >= 15 is 0 Å². The number of likely N-dealkylation sites (tertiary alicyclic amines) is 1. The number of carbonyl (C=O) groups is 3. The number of carboxylic acids is 1. The summed E-state index contributed by atoms with van der Waals surface area (Å²) >= 11 is 0. The summed E-state index contributed by atoms with van der Waals surface area (Å²) in [6.07, 6.45) is 2.53. The highest BCUT2D eigenvalue weighted by atomic mass is 16.4. The molecule has 152 valence electrons. The quantitative estimate of drug-likeness (QED) is 0.691. The average Bonchev–Trinajstić information content (AvgIpc) is 3.22. The van der Waals surface area contributed by atoms with Crippen LogP contribution in [0.3, 0.4) is 0 Å². The number of urea groups is 1. The molecule has 1 fully saturated rings. The molecule has 7 nitrogen and oxygen atoms in total. The Morgan fingerprint density at radius 1 is 1.03 bits per heavy atom. The molecule has 1 saturated heterocycles. The molecular weight excluding hydrogens is 370 g/mol. The Morgan fingerprint density at radius 3 is 2.48 bits per heavy atom. The van der Waals surface area contributed by atoms with Crippen molar-refractivity contribution in [3.63, 3.8) is 0 Å². The van der Waals surface area contributed by atoms with Crippen LogP contribution >= 0.6 is 0 Å². The fraction of sp³-hybridized carbons (Fsp3) is 0.318. The molecule has 3 amide bonds. The predicted molar refractivity (Wildman–Crippen MR) is 111 cm³/mol. The second-order valence-corrected chi connectivity index (χ2v) is 7.20. The minimum Gasteiger partial charge on any atom is -0.481 e. The maximum atomic E-state index is 12.5. The summed E-state index contributed by atoms with van der Waals surface area (Å²) in [5.41, 5.74) is 3.49. The molecule has 3 rings (SSSR count). The molecule has 29 heavy (non-hydrogen) atoms. The second-order valence-electron chi connectivity index (χ2n) is 7.20. The van der Waals surface area contributed by atoms with Gasteiger partial charge in [0.15, 0.2) is 0 Å². The van der Waals surface area contributed by atoms with Crippen molar-refractivity contribution in [3.8, 4) is 0 Å². The zero-order valence-corrected chi connectivity index (χ0v) is 16.4. The van der Waals surface area contributed by atoms with Crippen LogP contribution in [0.5, 0.6) is 0 Å². The number of rotatable bonds is 6. The maximum Gasteiger partial charge on any atom is 0.323 e. The van der Waals surface area contributed by atoms with Crippen LogP contribution in [0, 0.1) is 6.92 Å². The van der Waals surface area contributed by atoms with E-state index in [4.69, 9.17) is 5.11 Å². The van der Waals surface area contributed by atoms with E-state index in [0.717, 1.165) is 37.1 Å². The van der Waals surface area contributed by atoms with Crippen molar-refractivity contribution in [3.05, 3.63) is 59.2 Å². The molecule has 1 aliphatic heterocycles. The highest BCUT2D eigenvalue weighted by Crippen LogP contribution is 2.20. The van der Waals surface area contributed by atoms with Gasteiger partial charge in [0, 0.05) is 36.4 Å². The monoisotopic (exact) mass is 395 g/mol. The fourth-order valence-corrected chi connectivity index (χ4v) is 3.38. The molecule has 1 heterocycles. The van der Waals surface area contributed by atoms with E-state index < -0.39 is 12.0 Å². The lowest BCUT2D eigenvalue weighted by Crippen LogP contribution is -2.27. The van der Waals surface area contributed by atoms with Crippen LogP contribution in [-0.4, -0.2) is 41.0 Å². The highest BCUT2D eigenvalue weighted by molar-refractivity contribution is 6.01. The van der Waals surface area contributed by atoms with Gasteiger partial charge in [-0.25, -0.2) is 4.79 Å². The van der Waals surface area contributed by atoms with Crippen LogP contribution in [0.4, 0.5) is 16.2 Å². The maximum absolute atomic E-state index is 12.5. The van der Waals surface area contributed by atoms with E-state index in [1.54, 1.807) is 36.4 Å². The number of nitrogens with zero attached hydrogens (tertiary/aromatic N) is 1. The first-order valence-electron chi connectivity index (χ1n) is 9.71. The fourth-order valence-electron chi connectivity index (χ4n) is 3.38. The van der Waals surface area contributed by atoms with Crippen LogP contribution in [0.25, 0.3) is 0 Å². The Hall–Kier alpha value is -3.35. The van der Waals surface area contributed by atoms with Crippen molar-refractivity contribution in [2.45, 2.75) is 32.6 Å². The first kappa shape index (κ1) is 20.4. The van der Waals surface area contributed by atoms with Crippen molar-refractivity contribution in [2.24, 2.45) is 0 Å². The van der Waals surface area contributed by atoms with Gasteiger partial charge in [0.05, 0.1) is 0 Å². The number of aryl methyl sites for hydroxylation is 2. The standard InChI is InChI=1S/C22H25N3O4/c1-15-13-17(21(28)25-11-2-3-12-25)8-9-19(15)24-22(29)23-18-6-4-5-16(14-18)7-10-20(26)27/h4-6,8-9,13-14H,2-3,7,10-12H2,1H3,(H,26,27)(H2,23,24,29). The number of benzene rings is 2. The number of amides is 3. The number of carboxylic acid groups (broad SMARTS) is 1. The Morgan fingerprint density at radius 2 is 1.79 bits per heavy atom. The normalized spacial score (nSPS) is 13.2. The molecule has 0 atom stereocenters. The van der Waals surface area contributed by atoms with Crippen LogP contribution in [0.2, 0.25) is 0 Å². The molecule has 0 aromatic heterocycles. The van der Waals surface area contributed by atoms with Crippen LogP contribution in [0.1, 0.15) is 40.7 Å². The molecule has 0 saturated carbocycles. The van der Waals surface area contributed by atoms with Gasteiger partial charge in [-0.05, 0) is 67.6 Å². The molecule has 0 spiro atoms. The minimum atomic E-state index is -0.858. The van der Waals surface area contributed by atoms with Gasteiger partial charge in [-0.2, -0.15) is 0 Å². The summed E-state index contributed by atoms with van der Waals surface area (Å²) in [6, 6.07) is 12.0. The van der Waals surface area contributed by atoms with Crippen molar-refractivity contribution in [1.29, 1.82) is 0 Å². The number of aliphatic carboxylic acids is 1. The molecule has 1 aliphatic rings. The lowest BCUT2D eigenvalue weighted by atomic mass is 10.1. The molecular formula is C22H25N3O4. The van der Waals surface area contributed by atoms with Crippen LogP contribution < -0.4 is 10.6 Å². The molecule has 0 radical (unpaired) electrons. The first-order valence-corrected chi connectivity index (χ1v) is 9.71. The number of hydrogen-bond acceptors (Lipinski definition) is 3. The van der Waals surface area contributed by atoms with Crippen molar-refractivity contribution < 1.29 is 19.5 Å². The zero-order valence-electron chi connectivity index (χ0n) is 16.4. The van der Waals surface area contributed by atoms with Crippen LogP contribution in [-0.2, 0) is 11.2 Å². The summed E-state index contributed by atoms with van der Waals surface area (Å²) in [6.45, 7) is 3.44. The van der Waals surface area contributed by atoms with Gasteiger partial charge in [-0.15, -0.1) is 0 Å². The number of anilines is 2. The van der Waals surface area contributed by atoms with E-state index in [1.807, 2.05) is 17.9 Å². The third kappa shape index (κ3) is 5.57. The topological polar surface area (TPSA) is 98.7 Å². The molecule has 0 unspecified atom stereocenters. The second kappa shape index (κ2) is 9.23. The lowest BCUT2D eigenvalue weighted by Gasteiger charge is -2.16. The number of nitrogens with one attached hydrogen (secondary N) is 2. The Balaban J connectivity index is 1.61. The zero-order chi connectivity index (χ0) is 20.8. The van der Waals surface area contributed by atoms with Crippen molar-refractivity contribution in [1.82, 2.24) is 4.90 Å². The van der Waals surface area contributed by atoms with Crippen LogP contribution in [0.15, 0.2) is 42.5 Å². The van der Waals surface area contributed by atoms with E-state index in [1.165, 1.54) is 0 Å². The van der Waals surface area contributed by atoms with E-state index in [0.29, 0.717) is 23.4 Å². The number of carbonyl (C=O) groups excluding carboxylic acids is 2. The lowest BCUT2D eigenvalue weighted by molar-refractivity contribution is -0.136.